The number of para-hydroxylation sites is 1. The van der Waals surface area contributed by atoms with Crippen LogP contribution in [0.4, 0.5) is 5.69 Å². The fraction of sp³-hybridized carbons (Fsp3) is 0.174. The fourth-order valence-corrected chi connectivity index (χ4v) is 3.73. The van der Waals surface area contributed by atoms with E-state index < -0.39 is 5.91 Å². The fourth-order valence-electron chi connectivity index (χ4n) is 2.99. The summed E-state index contributed by atoms with van der Waals surface area (Å²) in [6.07, 6.45) is 3.48. The average Bonchev–Trinajstić information content (AvgIpc) is 2.73. The molecule has 154 valence electrons. The van der Waals surface area contributed by atoms with E-state index in [0.29, 0.717) is 17.9 Å². The first kappa shape index (κ1) is 21.4. The van der Waals surface area contributed by atoms with E-state index >= 15 is 0 Å². The number of hydrogen-bond donors (Lipinski definition) is 2. The molecule has 0 unspecified atom stereocenters. The van der Waals surface area contributed by atoms with Crippen molar-refractivity contribution in [2.24, 2.45) is 5.73 Å². The normalized spacial score (nSPS) is 10.5. The lowest BCUT2D eigenvalue weighted by Gasteiger charge is -2.15. The third-order valence-electron chi connectivity index (χ3n) is 4.33. The van der Waals surface area contributed by atoms with E-state index in [-0.39, 0.29) is 11.7 Å². The third-order valence-corrected chi connectivity index (χ3v) is 5.43. The monoisotopic (exact) mass is 421 g/mol. The Hall–Kier alpha value is -3.32. The van der Waals surface area contributed by atoms with Gasteiger partial charge in [0.2, 0.25) is 5.91 Å². The highest BCUT2D eigenvalue weighted by Crippen LogP contribution is 2.29. The zero-order valence-corrected chi connectivity index (χ0v) is 17.7. The number of aryl methyl sites for hydroxylation is 2. The molecule has 1 aromatic heterocycles. The van der Waals surface area contributed by atoms with Crippen LogP contribution in [0.2, 0.25) is 0 Å². The van der Waals surface area contributed by atoms with Crippen molar-refractivity contribution in [3.63, 3.8) is 0 Å². The summed E-state index contributed by atoms with van der Waals surface area (Å²) in [5.74, 6) is 0.267. The summed E-state index contributed by atoms with van der Waals surface area (Å²) in [6.45, 7) is 4.24. The number of rotatable bonds is 8. The van der Waals surface area contributed by atoms with Gasteiger partial charge in [-0.15, -0.1) is 11.8 Å². The molecule has 0 aliphatic rings. The summed E-state index contributed by atoms with van der Waals surface area (Å²) in [5, 5.41) is 2.92. The van der Waals surface area contributed by atoms with Gasteiger partial charge in [0.25, 0.3) is 5.91 Å². The van der Waals surface area contributed by atoms with Crippen molar-refractivity contribution in [2.75, 3.05) is 11.1 Å². The molecule has 7 heteroatoms. The number of pyridine rings is 1. The number of aromatic nitrogens is 1. The van der Waals surface area contributed by atoms with Crippen LogP contribution in [0.25, 0.3) is 0 Å². The number of hydrogen-bond acceptors (Lipinski definition) is 5. The first-order valence-corrected chi connectivity index (χ1v) is 10.4. The van der Waals surface area contributed by atoms with Crippen molar-refractivity contribution in [3.05, 3.63) is 83.2 Å². The first-order chi connectivity index (χ1) is 14.4. The van der Waals surface area contributed by atoms with Gasteiger partial charge in [0.05, 0.1) is 11.4 Å². The van der Waals surface area contributed by atoms with Gasteiger partial charge < -0.3 is 15.8 Å². The molecule has 30 heavy (non-hydrogen) atoms. The third kappa shape index (κ3) is 5.61. The quantitative estimate of drug-likeness (QED) is 0.534. The van der Waals surface area contributed by atoms with Gasteiger partial charge in [-0.25, -0.2) is 0 Å². The van der Waals surface area contributed by atoms with Gasteiger partial charge in [-0.3, -0.25) is 14.6 Å². The van der Waals surface area contributed by atoms with Crippen molar-refractivity contribution in [1.29, 1.82) is 0 Å². The maximum Gasteiger partial charge on any atom is 0.255 e. The summed E-state index contributed by atoms with van der Waals surface area (Å²) >= 11 is 1.29. The summed E-state index contributed by atoms with van der Waals surface area (Å²) in [6, 6.07) is 14.7. The molecule has 0 bridgehead atoms. The standard InChI is InChI=1S/C23H23N3O3S/c1-15-10-18(11-16(2)22(15)29-13-17-6-5-9-25-12-17)23(28)26-19-7-3-4-8-20(19)30-14-21(24)27/h3-12H,13-14H2,1-2H3,(H2,24,27)(H,26,28). The minimum atomic E-state index is -0.408. The summed E-state index contributed by atoms with van der Waals surface area (Å²) in [7, 11) is 0. The number of ether oxygens (including phenoxy) is 1. The van der Waals surface area contributed by atoms with E-state index in [1.54, 1.807) is 30.6 Å². The van der Waals surface area contributed by atoms with Gasteiger partial charge in [0, 0.05) is 28.4 Å². The molecule has 0 radical (unpaired) electrons. The number of carbonyl (C=O) groups is 2. The van der Waals surface area contributed by atoms with Gasteiger partial charge in [0.15, 0.2) is 0 Å². The molecule has 2 amide bonds. The number of primary amides is 1. The minimum absolute atomic E-state index is 0.147. The number of nitrogens with zero attached hydrogens (tertiary/aromatic N) is 1. The zero-order valence-electron chi connectivity index (χ0n) is 16.8. The van der Waals surface area contributed by atoms with Crippen LogP contribution < -0.4 is 15.8 Å². The number of amides is 2. The van der Waals surface area contributed by atoms with Crippen LogP contribution in [-0.4, -0.2) is 22.6 Å². The number of nitrogens with two attached hydrogens (primary N) is 1. The second-order valence-electron chi connectivity index (χ2n) is 6.79. The van der Waals surface area contributed by atoms with Crippen molar-refractivity contribution < 1.29 is 14.3 Å². The van der Waals surface area contributed by atoms with Gasteiger partial charge in [-0.05, 0) is 55.3 Å². The van der Waals surface area contributed by atoms with Gasteiger partial charge in [0.1, 0.15) is 12.4 Å². The molecule has 3 N–H and O–H groups in total. The van der Waals surface area contributed by atoms with E-state index in [1.807, 2.05) is 44.2 Å². The Kier molecular flexibility index (Phi) is 7.08. The average molecular weight is 422 g/mol. The Morgan fingerprint density at radius 1 is 1.10 bits per heavy atom. The van der Waals surface area contributed by atoms with E-state index in [2.05, 4.69) is 10.3 Å². The number of nitrogens with one attached hydrogen (secondary N) is 1. The lowest BCUT2D eigenvalue weighted by Crippen LogP contribution is -2.15. The van der Waals surface area contributed by atoms with Gasteiger partial charge in [-0.1, -0.05) is 18.2 Å². The summed E-state index contributed by atoms with van der Waals surface area (Å²) in [4.78, 5) is 28.8. The number of anilines is 1. The smallest absolute Gasteiger partial charge is 0.255 e. The summed E-state index contributed by atoms with van der Waals surface area (Å²) < 4.78 is 5.96. The topological polar surface area (TPSA) is 94.3 Å². The Morgan fingerprint density at radius 2 is 1.83 bits per heavy atom. The predicted molar refractivity (Wildman–Crippen MR) is 119 cm³/mol. The number of thioether (sulfide) groups is 1. The zero-order chi connectivity index (χ0) is 21.5. The molecule has 6 nitrogen and oxygen atoms in total. The molecule has 0 spiro atoms. The van der Waals surface area contributed by atoms with Gasteiger partial charge >= 0.3 is 0 Å². The van der Waals surface area contributed by atoms with E-state index in [0.717, 1.165) is 27.3 Å². The predicted octanol–water partition coefficient (Wildman–Crippen LogP) is 4.11. The Balaban J connectivity index is 1.73. The summed E-state index contributed by atoms with van der Waals surface area (Å²) in [5.41, 5.74) is 9.13. The van der Waals surface area contributed by atoms with Crippen molar-refractivity contribution >= 4 is 29.3 Å². The molecule has 0 aliphatic carbocycles. The van der Waals surface area contributed by atoms with E-state index in [9.17, 15) is 9.59 Å². The van der Waals surface area contributed by atoms with Gasteiger partial charge in [-0.2, -0.15) is 0 Å². The molecule has 3 rings (SSSR count). The molecule has 0 atom stereocenters. The minimum Gasteiger partial charge on any atom is -0.488 e. The highest BCUT2D eigenvalue weighted by Gasteiger charge is 2.14. The number of benzene rings is 2. The molecular formula is C23H23N3O3S. The highest BCUT2D eigenvalue weighted by atomic mass is 32.2. The first-order valence-electron chi connectivity index (χ1n) is 9.38. The van der Waals surface area contributed by atoms with Crippen LogP contribution in [0, 0.1) is 13.8 Å². The molecule has 2 aromatic carbocycles. The molecule has 0 aliphatic heterocycles. The Bertz CT molecular complexity index is 1030. The van der Waals surface area contributed by atoms with Crippen LogP contribution >= 0.6 is 11.8 Å². The maximum absolute atomic E-state index is 12.8. The molecule has 1 heterocycles. The van der Waals surface area contributed by atoms with Crippen LogP contribution in [0.3, 0.4) is 0 Å². The molecular weight excluding hydrogens is 398 g/mol. The largest absolute Gasteiger partial charge is 0.488 e. The van der Waals surface area contributed by atoms with Crippen LogP contribution in [-0.2, 0) is 11.4 Å². The van der Waals surface area contributed by atoms with Crippen LogP contribution in [0.1, 0.15) is 27.0 Å². The Labute approximate surface area is 179 Å². The van der Waals surface area contributed by atoms with Crippen molar-refractivity contribution in [3.8, 4) is 5.75 Å². The second kappa shape index (κ2) is 9.93. The molecule has 0 saturated carbocycles. The maximum atomic E-state index is 12.8. The van der Waals surface area contributed by atoms with Crippen LogP contribution in [0.15, 0.2) is 65.8 Å². The lowest BCUT2D eigenvalue weighted by molar-refractivity contribution is -0.115. The lowest BCUT2D eigenvalue weighted by atomic mass is 10.0. The van der Waals surface area contributed by atoms with Crippen molar-refractivity contribution in [1.82, 2.24) is 4.98 Å². The Morgan fingerprint density at radius 3 is 2.50 bits per heavy atom. The molecule has 0 fully saturated rings. The van der Waals surface area contributed by atoms with E-state index in [4.69, 9.17) is 10.5 Å². The number of carbonyl (C=O) groups excluding carboxylic acids is 2. The SMILES string of the molecule is Cc1cc(C(=O)Nc2ccccc2SCC(N)=O)cc(C)c1OCc1cccnc1. The van der Waals surface area contributed by atoms with Crippen molar-refractivity contribution in [2.45, 2.75) is 25.3 Å². The van der Waals surface area contributed by atoms with E-state index in [1.165, 1.54) is 11.8 Å². The second-order valence-corrected chi connectivity index (χ2v) is 7.81. The molecule has 0 saturated heterocycles. The van der Waals surface area contributed by atoms with Crippen LogP contribution in [0.5, 0.6) is 5.75 Å². The highest BCUT2D eigenvalue weighted by molar-refractivity contribution is 8.00. The molecule has 3 aromatic rings.